The predicted molar refractivity (Wildman–Crippen MR) is 58.7 cm³/mol. The molecule has 3 nitrogen and oxygen atoms in total. The van der Waals surface area contributed by atoms with Crippen molar-refractivity contribution in [3.05, 3.63) is 24.4 Å². The van der Waals surface area contributed by atoms with Gasteiger partial charge < -0.3 is 4.90 Å². The Kier molecular flexibility index (Phi) is 4.76. The molecule has 1 heterocycles. The van der Waals surface area contributed by atoms with E-state index in [2.05, 4.69) is 9.88 Å². The first kappa shape index (κ1) is 11.3. The number of nitrogens with zero attached hydrogens (tertiary/aromatic N) is 2. The van der Waals surface area contributed by atoms with Crippen molar-refractivity contribution >= 4 is 10.8 Å². The Morgan fingerprint density at radius 2 is 2.21 bits per heavy atom. The SMILES string of the molecule is CN(C)CCCS(=O)c1ccccn1. The predicted octanol–water partition coefficient (Wildman–Crippen LogP) is 1.14. The van der Waals surface area contributed by atoms with Crippen LogP contribution in [0.3, 0.4) is 0 Å². The minimum atomic E-state index is -0.938. The molecule has 14 heavy (non-hydrogen) atoms. The van der Waals surface area contributed by atoms with Gasteiger partial charge in [0.15, 0.2) is 0 Å². The van der Waals surface area contributed by atoms with E-state index in [4.69, 9.17) is 0 Å². The van der Waals surface area contributed by atoms with E-state index < -0.39 is 10.8 Å². The standard InChI is InChI=1S/C10H16N2OS/c1-12(2)8-5-9-14(13)10-6-3-4-7-11-10/h3-4,6-7H,5,8-9H2,1-2H3. The van der Waals surface area contributed by atoms with E-state index in [1.54, 1.807) is 6.20 Å². The molecule has 1 rings (SSSR count). The fourth-order valence-electron chi connectivity index (χ4n) is 1.10. The first-order chi connectivity index (χ1) is 6.70. The molecule has 0 saturated carbocycles. The summed E-state index contributed by atoms with van der Waals surface area (Å²) in [6.07, 6.45) is 2.62. The second-order valence-electron chi connectivity index (χ2n) is 3.37. The van der Waals surface area contributed by atoms with Gasteiger partial charge >= 0.3 is 0 Å². The zero-order chi connectivity index (χ0) is 10.4. The molecule has 1 aromatic heterocycles. The Hall–Kier alpha value is -0.740. The van der Waals surface area contributed by atoms with Crippen LogP contribution in [0.15, 0.2) is 29.4 Å². The van der Waals surface area contributed by atoms with Gasteiger partial charge in [0.2, 0.25) is 0 Å². The van der Waals surface area contributed by atoms with E-state index in [1.807, 2.05) is 32.3 Å². The lowest BCUT2D eigenvalue weighted by molar-refractivity contribution is 0.409. The maximum Gasteiger partial charge on any atom is 0.127 e. The van der Waals surface area contributed by atoms with Crippen LogP contribution in [0.4, 0.5) is 0 Å². The van der Waals surface area contributed by atoms with Gasteiger partial charge in [-0.25, -0.2) is 4.98 Å². The Morgan fingerprint density at radius 1 is 1.43 bits per heavy atom. The third kappa shape index (κ3) is 3.98. The lowest BCUT2D eigenvalue weighted by Crippen LogP contribution is -2.15. The molecule has 0 saturated heterocycles. The Balaban J connectivity index is 2.36. The van der Waals surface area contributed by atoms with Crippen molar-refractivity contribution in [1.29, 1.82) is 0 Å². The molecular weight excluding hydrogens is 196 g/mol. The molecule has 0 radical (unpaired) electrons. The number of hydrogen-bond acceptors (Lipinski definition) is 3. The summed E-state index contributed by atoms with van der Waals surface area (Å²) < 4.78 is 11.7. The van der Waals surface area contributed by atoms with E-state index in [0.717, 1.165) is 13.0 Å². The Labute approximate surface area is 87.6 Å². The summed E-state index contributed by atoms with van der Waals surface area (Å²) in [6, 6.07) is 5.51. The van der Waals surface area contributed by atoms with Crippen molar-refractivity contribution < 1.29 is 4.21 Å². The lowest BCUT2D eigenvalue weighted by atomic mass is 10.5. The summed E-state index contributed by atoms with van der Waals surface area (Å²) in [6.45, 7) is 0.971. The molecule has 0 bridgehead atoms. The molecule has 0 N–H and O–H groups in total. The van der Waals surface area contributed by atoms with Crippen LogP contribution in [0.1, 0.15) is 6.42 Å². The van der Waals surface area contributed by atoms with Gasteiger partial charge in [0, 0.05) is 11.9 Å². The van der Waals surface area contributed by atoms with Gasteiger partial charge in [-0.1, -0.05) is 6.07 Å². The minimum absolute atomic E-state index is 0.686. The van der Waals surface area contributed by atoms with Gasteiger partial charge in [-0.15, -0.1) is 0 Å². The summed E-state index contributed by atoms with van der Waals surface area (Å²) >= 11 is 0. The highest BCUT2D eigenvalue weighted by atomic mass is 32.2. The Morgan fingerprint density at radius 3 is 2.79 bits per heavy atom. The smallest absolute Gasteiger partial charge is 0.127 e. The summed E-state index contributed by atoms with van der Waals surface area (Å²) in [5.41, 5.74) is 0. The van der Waals surface area contributed by atoms with Crippen molar-refractivity contribution in [2.24, 2.45) is 0 Å². The molecule has 78 valence electrons. The van der Waals surface area contributed by atoms with Crippen molar-refractivity contribution in [3.63, 3.8) is 0 Å². The zero-order valence-corrected chi connectivity index (χ0v) is 9.46. The van der Waals surface area contributed by atoms with E-state index >= 15 is 0 Å². The lowest BCUT2D eigenvalue weighted by Gasteiger charge is -2.08. The van der Waals surface area contributed by atoms with Crippen LogP contribution in [0.25, 0.3) is 0 Å². The van der Waals surface area contributed by atoms with Crippen LogP contribution in [-0.4, -0.2) is 40.5 Å². The minimum Gasteiger partial charge on any atom is -0.309 e. The van der Waals surface area contributed by atoms with Crippen molar-refractivity contribution in [2.45, 2.75) is 11.4 Å². The van der Waals surface area contributed by atoms with Crippen LogP contribution >= 0.6 is 0 Å². The molecule has 0 amide bonds. The molecule has 0 aromatic carbocycles. The summed E-state index contributed by atoms with van der Waals surface area (Å²) in [5.74, 6) is 0.690. The van der Waals surface area contributed by atoms with E-state index in [1.165, 1.54) is 0 Å². The Bertz CT molecular complexity index is 287. The molecule has 1 aromatic rings. The number of aromatic nitrogens is 1. The summed E-state index contributed by atoms with van der Waals surface area (Å²) in [4.78, 5) is 6.16. The summed E-state index contributed by atoms with van der Waals surface area (Å²) in [7, 11) is 3.10. The first-order valence-electron chi connectivity index (χ1n) is 4.64. The van der Waals surface area contributed by atoms with Gasteiger partial charge in [0.05, 0.1) is 10.8 Å². The topological polar surface area (TPSA) is 33.2 Å². The fraction of sp³-hybridized carbons (Fsp3) is 0.500. The van der Waals surface area contributed by atoms with Gasteiger partial charge in [0.25, 0.3) is 0 Å². The van der Waals surface area contributed by atoms with E-state index in [9.17, 15) is 4.21 Å². The second kappa shape index (κ2) is 5.88. The van der Waals surface area contributed by atoms with Gasteiger partial charge in [0.1, 0.15) is 5.03 Å². The molecule has 4 heteroatoms. The molecular formula is C10H16N2OS. The summed E-state index contributed by atoms with van der Waals surface area (Å²) in [5, 5.41) is 0.686. The average Bonchev–Trinajstić information content (AvgIpc) is 2.18. The van der Waals surface area contributed by atoms with Crippen molar-refractivity contribution in [2.75, 3.05) is 26.4 Å². The molecule has 0 aliphatic heterocycles. The fourth-order valence-corrected chi connectivity index (χ4v) is 2.11. The van der Waals surface area contributed by atoms with Crippen LogP contribution in [0, 0.1) is 0 Å². The number of rotatable bonds is 5. The molecule has 1 unspecified atom stereocenters. The number of pyridine rings is 1. The maximum absolute atomic E-state index is 11.7. The van der Waals surface area contributed by atoms with Gasteiger partial charge in [-0.3, -0.25) is 4.21 Å². The van der Waals surface area contributed by atoms with E-state index in [0.29, 0.717) is 10.8 Å². The van der Waals surface area contributed by atoms with Gasteiger partial charge in [-0.2, -0.15) is 0 Å². The van der Waals surface area contributed by atoms with Crippen LogP contribution < -0.4 is 0 Å². The highest BCUT2D eigenvalue weighted by Gasteiger charge is 2.03. The average molecular weight is 212 g/mol. The highest BCUT2D eigenvalue weighted by molar-refractivity contribution is 7.84. The maximum atomic E-state index is 11.7. The number of hydrogen-bond donors (Lipinski definition) is 0. The van der Waals surface area contributed by atoms with Gasteiger partial charge in [-0.05, 0) is 39.2 Å². The normalized spacial score (nSPS) is 13.1. The zero-order valence-electron chi connectivity index (χ0n) is 8.64. The molecule has 0 spiro atoms. The monoisotopic (exact) mass is 212 g/mol. The molecule has 0 aliphatic rings. The highest BCUT2D eigenvalue weighted by Crippen LogP contribution is 2.02. The van der Waals surface area contributed by atoms with Crippen molar-refractivity contribution in [1.82, 2.24) is 9.88 Å². The third-order valence-corrected chi connectivity index (χ3v) is 3.17. The first-order valence-corrected chi connectivity index (χ1v) is 5.96. The van der Waals surface area contributed by atoms with Crippen LogP contribution in [-0.2, 0) is 10.8 Å². The van der Waals surface area contributed by atoms with Crippen LogP contribution in [0.5, 0.6) is 0 Å². The van der Waals surface area contributed by atoms with Crippen LogP contribution in [0.2, 0.25) is 0 Å². The molecule has 1 atom stereocenters. The van der Waals surface area contributed by atoms with E-state index in [-0.39, 0.29) is 0 Å². The largest absolute Gasteiger partial charge is 0.309 e. The second-order valence-corrected chi connectivity index (χ2v) is 4.89. The third-order valence-electron chi connectivity index (χ3n) is 1.81. The molecule has 0 fully saturated rings. The van der Waals surface area contributed by atoms with Crippen molar-refractivity contribution in [3.8, 4) is 0 Å². The quantitative estimate of drug-likeness (QED) is 0.734. The molecule has 0 aliphatic carbocycles.